The number of amides is 2. The lowest BCUT2D eigenvalue weighted by Crippen LogP contribution is -2.51. The molecule has 1 N–H and O–H groups in total. The minimum Gasteiger partial charge on any atom is -0.333 e. The summed E-state index contributed by atoms with van der Waals surface area (Å²) in [4.78, 5) is 13.3. The number of hydrazone groups is 1. The average Bonchev–Trinajstić information content (AvgIpc) is 3.21. The molecule has 1 heterocycles. The van der Waals surface area contributed by atoms with Crippen LogP contribution in [-0.2, 0) is 0 Å². The van der Waals surface area contributed by atoms with Gasteiger partial charge in [0.1, 0.15) is 0 Å². The van der Waals surface area contributed by atoms with Crippen molar-refractivity contribution >= 4 is 11.7 Å². The van der Waals surface area contributed by atoms with Crippen LogP contribution < -0.4 is 5.32 Å². The Morgan fingerprint density at radius 1 is 1.24 bits per heavy atom. The van der Waals surface area contributed by atoms with Crippen LogP contribution in [0.1, 0.15) is 84.6 Å². The molecule has 1 aromatic carbocycles. The zero-order valence-electron chi connectivity index (χ0n) is 18.7. The number of fused-ring (bicyclic) bond motifs is 2. The number of carbonyl (C=O) groups is 1. The molecule has 2 saturated carbocycles. The maximum Gasteiger partial charge on any atom is 0.338 e. The van der Waals surface area contributed by atoms with E-state index in [2.05, 4.69) is 64.2 Å². The van der Waals surface area contributed by atoms with Crippen molar-refractivity contribution < 1.29 is 4.79 Å². The second-order valence-corrected chi connectivity index (χ2v) is 10.3. The maximum absolute atomic E-state index is 13.3. The van der Waals surface area contributed by atoms with Crippen LogP contribution in [0.25, 0.3) is 0 Å². The smallest absolute Gasteiger partial charge is 0.333 e. The minimum absolute atomic E-state index is 0.0143. The van der Waals surface area contributed by atoms with E-state index in [1.807, 2.05) is 6.07 Å². The Labute approximate surface area is 176 Å². The molecular formula is C25H37N3O. The highest BCUT2D eigenvalue weighted by Crippen LogP contribution is 2.65. The van der Waals surface area contributed by atoms with E-state index in [1.165, 1.54) is 18.4 Å². The second kappa shape index (κ2) is 7.45. The molecule has 4 heteroatoms. The van der Waals surface area contributed by atoms with E-state index in [1.54, 1.807) is 5.01 Å². The molecule has 2 unspecified atom stereocenters. The summed E-state index contributed by atoms with van der Waals surface area (Å²) in [5.74, 6) is 0.912. The summed E-state index contributed by atoms with van der Waals surface area (Å²) in [5, 5.41) is 10.0. The molecule has 4 rings (SSSR count). The normalized spacial score (nSPS) is 35.1. The Morgan fingerprint density at radius 2 is 1.97 bits per heavy atom. The highest BCUT2D eigenvalue weighted by atomic mass is 16.2. The van der Waals surface area contributed by atoms with E-state index in [0.29, 0.717) is 5.41 Å². The maximum atomic E-state index is 13.3. The molecule has 2 aliphatic carbocycles. The van der Waals surface area contributed by atoms with E-state index in [0.717, 1.165) is 37.3 Å². The van der Waals surface area contributed by atoms with E-state index >= 15 is 0 Å². The quantitative estimate of drug-likeness (QED) is 0.658. The Balaban J connectivity index is 1.53. The van der Waals surface area contributed by atoms with Gasteiger partial charge in [-0.25, -0.2) is 9.80 Å². The summed E-state index contributed by atoms with van der Waals surface area (Å²) in [7, 11) is 0. The predicted molar refractivity (Wildman–Crippen MR) is 119 cm³/mol. The number of nitrogens with one attached hydrogen (secondary N) is 1. The third kappa shape index (κ3) is 3.19. The molecule has 1 aromatic rings. The molecule has 2 amide bonds. The third-order valence-electron chi connectivity index (χ3n) is 8.71. The van der Waals surface area contributed by atoms with Gasteiger partial charge in [0, 0.05) is 17.7 Å². The molecule has 4 nitrogen and oxygen atoms in total. The van der Waals surface area contributed by atoms with E-state index in [-0.39, 0.29) is 29.4 Å². The van der Waals surface area contributed by atoms with Crippen molar-refractivity contribution in [3.05, 3.63) is 35.9 Å². The number of urea groups is 1. The van der Waals surface area contributed by atoms with Crippen molar-refractivity contribution in [1.29, 1.82) is 0 Å². The highest BCUT2D eigenvalue weighted by molar-refractivity contribution is 5.95. The number of nitrogens with zero attached hydrogens (tertiary/aromatic N) is 2. The largest absolute Gasteiger partial charge is 0.338 e. The van der Waals surface area contributed by atoms with Crippen molar-refractivity contribution in [1.82, 2.24) is 10.3 Å². The van der Waals surface area contributed by atoms with Gasteiger partial charge >= 0.3 is 6.03 Å². The average molecular weight is 396 g/mol. The lowest BCUT2D eigenvalue weighted by atomic mass is 9.69. The number of benzene rings is 1. The molecule has 158 valence electrons. The number of unbranched alkanes of at least 4 members (excludes halogenated alkanes) is 1. The lowest BCUT2D eigenvalue weighted by molar-refractivity contribution is 0.115. The first kappa shape index (κ1) is 20.4. The Morgan fingerprint density at radius 3 is 2.55 bits per heavy atom. The Hall–Kier alpha value is -1.84. The van der Waals surface area contributed by atoms with Gasteiger partial charge in [-0.15, -0.1) is 0 Å². The van der Waals surface area contributed by atoms with Crippen LogP contribution in [0.3, 0.4) is 0 Å². The molecule has 5 atom stereocenters. The monoisotopic (exact) mass is 395 g/mol. The summed E-state index contributed by atoms with van der Waals surface area (Å²) in [5.41, 5.74) is 2.89. The molecule has 0 radical (unpaired) electrons. The van der Waals surface area contributed by atoms with Crippen LogP contribution in [0.2, 0.25) is 0 Å². The molecule has 1 aliphatic heterocycles. The molecule has 2 fully saturated rings. The van der Waals surface area contributed by atoms with Crippen molar-refractivity contribution in [3.63, 3.8) is 0 Å². The highest BCUT2D eigenvalue weighted by Gasteiger charge is 2.61. The van der Waals surface area contributed by atoms with Gasteiger partial charge < -0.3 is 5.32 Å². The van der Waals surface area contributed by atoms with Gasteiger partial charge in [-0.3, -0.25) is 0 Å². The summed E-state index contributed by atoms with van der Waals surface area (Å²) < 4.78 is 0. The topological polar surface area (TPSA) is 44.7 Å². The Kier molecular flexibility index (Phi) is 5.25. The number of hydrogen-bond acceptors (Lipinski definition) is 2. The van der Waals surface area contributed by atoms with Gasteiger partial charge in [-0.1, -0.05) is 64.4 Å². The van der Waals surface area contributed by atoms with Crippen LogP contribution in [0.5, 0.6) is 0 Å². The molecule has 29 heavy (non-hydrogen) atoms. The van der Waals surface area contributed by atoms with Crippen LogP contribution in [0, 0.1) is 16.7 Å². The van der Waals surface area contributed by atoms with Gasteiger partial charge in [-0.05, 0) is 61.3 Å². The predicted octanol–water partition coefficient (Wildman–Crippen LogP) is 5.94. The van der Waals surface area contributed by atoms with Crippen molar-refractivity contribution in [2.75, 3.05) is 0 Å². The second-order valence-electron chi connectivity index (χ2n) is 10.3. The summed E-state index contributed by atoms with van der Waals surface area (Å²) in [6, 6.07) is 10.8. The number of carbonyl (C=O) groups excluding carboxylic acids is 1. The first-order chi connectivity index (χ1) is 13.8. The van der Waals surface area contributed by atoms with Gasteiger partial charge in [0.05, 0.1) is 6.04 Å². The fourth-order valence-electron chi connectivity index (χ4n) is 6.27. The van der Waals surface area contributed by atoms with Crippen LogP contribution >= 0.6 is 0 Å². The zero-order valence-corrected chi connectivity index (χ0v) is 18.7. The van der Waals surface area contributed by atoms with Crippen molar-refractivity contribution in [2.24, 2.45) is 21.8 Å². The van der Waals surface area contributed by atoms with Gasteiger partial charge in [-0.2, -0.15) is 5.10 Å². The van der Waals surface area contributed by atoms with E-state index in [9.17, 15) is 4.79 Å². The standard InChI is InChI=1S/C25H37N3O/c1-6-7-13-20-22(18-11-9-8-10-12-18)17(2)28(27-20)23(29)26-21-16-19-14-15-25(21,5)24(19,3)4/h8-12,17,19,21-22H,6-7,13-16H2,1-5H3,(H,26,29)/t17?,19-,21-,22?,25-/m0/s1. The third-order valence-corrected chi connectivity index (χ3v) is 8.71. The van der Waals surface area contributed by atoms with Crippen molar-refractivity contribution in [3.8, 4) is 0 Å². The number of rotatable bonds is 5. The molecular weight excluding hydrogens is 358 g/mol. The van der Waals surface area contributed by atoms with Gasteiger partial charge in [0.25, 0.3) is 0 Å². The lowest BCUT2D eigenvalue weighted by Gasteiger charge is -2.40. The summed E-state index contributed by atoms with van der Waals surface area (Å²) in [6.07, 6.45) is 6.82. The van der Waals surface area contributed by atoms with E-state index in [4.69, 9.17) is 5.10 Å². The molecule has 0 saturated heterocycles. The van der Waals surface area contributed by atoms with Crippen LogP contribution in [0.4, 0.5) is 4.79 Å². The Bertz CT molecular complexity index is 787. The van der Waals surface area contributed by atoms with Crippen molar-refractivity contribution in [2.45, 2.75) is 91.1 Å². The summed E-state index contributed by atoms with van der Waals surface area (Å²) >= 11 is 0. The zero-order chi connectivity index (χ0) is 20.8. The fraction of sp³-hybridized carbons (Fsp3) is 0.680. The minimum atomic E-state index is -0.0143. The van der Waals surface area contributed by atoms with Gasteiger partial charge in [0.2, 0.25) is 0 Å². The molecule has 2 bridgehead atoms. The van der Waals surface area contributed by atoms with Crippen LogP contribution in [-0.4, -0.2) is 28.8 Å². The first-order valence-corrected chi connectivity index (χ1v) is 11.5. The summed E-state index contributed by atoms with van der Waals surface area (Å²) in [6.45, 7) is 11.5. The van der Waals surface area contributed by atoms with Gasteiger partial charge in [0.15, 0.2) is 0 Å². The molecule has 3 aliphatic rings. The molecule has 0 aromatic heterocycles. The van der Waals surface area contributed by atoms with E-state index < -0.39 is 0 Å². The first-order valence-electron chi connectivity index (χ1n) is 11.5. The fourth-order valence-corrected chi connectivity index (χ4v) is 6.27. The molecule has 0 spiro atoms. The van der Waals surface area contributed by atoms with Crippen LogP contribution in [0.15, 0.2) is 35.4 Å². The SMILES string of the molecule is CCCCC1=NN(C(=O)N[C@H]2C[C@@H]3CC[C@]2(C)C3(C)C)C(C)C1c1ccccc1. The number of hydrogen-bond donors (Lipinski definition) is 1.